The van der Waals surface area contributed by atoms with Crippen LogP contribution in [0, 0.1) is 29.0 Å². The molecule has 4 N–H and O–H groups in total. The van der Waals surface area contributed by atoms with Gasteiger partial charge in [0.1, 0.15) is 11.4 Å². The van der Waals surface area contributed by atoms with Gasteiger partial charge in [0.15, 0.2) is 5.82 Å². The largest absolute Gasteiger partial charge is 0.465 e. The number of nitrogens with two attached hydrogens (primary N) is 1. The molecule has 3 atom stereocenters. The maximum atomic E-state index is 13.3. The van der Waals surface area contributed by atoms with Gasteiger partial charge in [0.25, 0.3) is 5.91 Å². The van der Waals surface area contributed by atoms with Crippen molar-refractivity contribution < 1.29 is 19.1 Å². The molecule has 186 valence electrons. The Kier molecular flexibility index (Phi) is 7.54. The minimum Gasteiger partial charge on any atom is -0.465 e. The number of nitriles is 1. The number of likely N-dealkylation sites (tertiary alicyclic amines) is 1. The predicted octanol–water partition coefficient (Wildman–Crippen LogP) is 4.66. The van der Waals surface area contributed by atoms with Crippen LogP contribution in [0.2, 0.25) is 0 Å². The van der Waals surface area contributed by atoms with Crippen molar-refractivity contribution in [2.75, 3.05) is 11.9 Å². The molecule has 2 heterocycles. The molecular weight excluding hydrogens is 451 g/mol. The van der Waals surface area contributed by atoms with Gasteiger partial charge in [0.2, 0.25) is 0 Å². The highest BCUT2D eigenvalue weighted by Gasteiger charge is 2.40. The van der Waals surface area contributed by atoms with E-state index >= 15 is 0 Å². The smallest absolute Gasteiger partial charge is 0.407 e. The molecule has 2 aromatic rings. The lowest BCUT2D eigenvalue weighted by Crippen LogP contribution is -2.50. The number of nitrogens with one attached hydrogen (secondary N) is 1. The molecule has 4 rings (SSSR count). The predicted molar refractivity (Wildman–Crippen MR) is 128 cm³/mol. The van der Waals surface area contributed by atoms with E-state index < -0.39 is 12.0 Å². The summed E-state index contributed by atoms with van der Waals surface area (Å²) in [5.74, 6) is -0.474. The topological polar surface area (TPSA) is 137 Å². The van der Waals surface area contributed by atoms with Crippen molar-refractivity contribution in [1.29, 1.82) is 5.26 Å². The summed E-state index contributed by atoms with van der Waals surface area (Å²) in [5, 5.41) is 27.0. The summed E-state index contributed by atoms with van der Waals surface area (Å²) < 4.78 is 14.9. The number of aromatic nitrogens is 2. The minimum absolute atomic E-state index is 0.0245. The van der Waals surface area contributed by atoms with Crippen molar-refractivity contribution in [1.82, 2.24) is 14.7 Å². The van der Waals surface area contributed by atoms with Crippen LogP contribution < -0.4 is 11.1 Å². The van der Waals surface area contributed by atoms with E-state index in [1.807, 2.05) is 0 Å². The van der Waals surface area contributed by atoms with E-state index in [0.29, 0.717) is 31.0 Å². The standard InChI is InChI=1S/C25H31FN6O3/c26-18-6-8-19(9-7-18)29-24-20(23(28)33)15-32(30-24)21(10-12-27)17-11-13-31(25(34)35)22(14-17)16-4-2-1-3-5-16/h6-9,15-17,21-22H,1-5,10-11,13-14H2,(H2,28,33)(H,29,30)(H,34,35). The summed E-state index contributed by atoms with van der Waals surface area (Å²) in [5.41, 5.74) is 6.32. The molecule has 0 radical (unpaired) electrons. The number of primary amides is 1. The third kappa shape index (κ3) is 5.56. The number of carbonyl (C=O) groups excluding carboxylic acids is 1. The normalized spacial score (nSPS) is 21.8. The highest BCUT2D eigenvalue weighted by Crippen LogP contribution is 2.40. The summed E-state index contributed by atoms with van der Waals surface area (Å²) in [4.78, 5) is 25.7. The number of hydrogen-bond acceptors (Lipinski definition) is 5. The van der Waals surface area contributed by atoms with Crippen LogP contribution in [0.25, 0.3) is 0 Å². The first-order valence-electron chi connectivity index (χ1n) is 12.2. The number of carbonyl (C=O) groups is 2. The molecule has 1 aliphatic heterocycles. The number of halogens is 1. The van der Waals surface area contributed by atoms with Gasteiger partial charge in [0.05, 0.1) is 18.5 Å². The number of carboxylic acid groups (broad SMARTS) is 1. The zero-order valence-corrected chi connectivity index (χ0v) is 19.6. The second-order valence-electron chi connectivity index (χ2n) is 9.52. The molecular formula is C25H31FN6O3. The lowest BCUT2D eigenvalue weighted by molar-refractivity contribution is 0.0406. The molecule has 2 fully saturated rings. The van der Waals surface area contributed by atoms with E-state index in [4.69, 9.17) is 5.73 Å². The van der Waals surface area contributed by atoms with E-state index in [-0.39, 0.29) is 41.6 Å². The molecule has 10 heteroatoms. The van der Waals surface area contributed by atoms with E-state index in [2.05, 4.69) is 16.5 Å². The Balaban J connectivity index is 1.61. The van der Waals surface area contributed by atoms with Crippen LogP contribution in [-0.2, 0) is 0 Å². The van der Waals surface area contributed by atoms with Crippen molar-refractivity contribution in [3.63, 3.8) is 0 Å². The fraction of sp³-hybridized carbons (Fsp3) is 0.520. The van der Waals surface area contributed by atoms with Crippen molar-refractivity contribution in [3.05, 3.63) is 41.8 Å². The van der Waals surface area contributed by atoms with Crippen LogP contribution in [0.1, 0.15) is 67.8 Å². The third-order valence-corrected chi connectivity index (χ3v) is 7.41. The Bertz CT molecular complexity index is 1090. The van der Waals surface area contributed by atoms with Gasteiger partial charge in [-0.1, -0.05) is 19.3 Å². The van der Waals surface area contributed by atoms with Crippen LogP contribution in [0.4, 0.5) is 20.7 Å². The fourth-order valence-electron chi connectivity index (χ4n) is 5.65. The Morgan fingerprint density at radius 2 is 1.94 bits per heavy atom. The van der Waals surface area contributed by atoms with Gasteiger partial charge in [-0.3, -0.25) is 9.48 Å². The van der Waals surface area contributed by atoms with Gasteiger partial charge >= 0.3 is 6.09 Å². The van der Waals surface area contributed by atoms with Crippen molar-refractivity contribution in [3.8, 4) is 6.07 Å². The Labute approximate surface area is 203 Å². The maximum Gasteiger partial charge on any atom is 0.407 e. The number of rotatable bonds is 7. The number of nitrogens with zero attached hydrogens (tertiary/aromatic N) is 4. The SMILES string of the molecule is N#CCC(C1CCN(C(=O)O)C(C2CCCCC2)C1)n1cc(C(N)=O)c(Nc2ccc(F)cc2)n1. The average Bonchev–Trinajstić information content (AvgIpc) is 3.28. The quantitative estimate of drug-likeness (QED) is 0.525. The van der Waals surface area contributed by atoms with Gasteiger partial charge in [0, 0.05) is 24.5 Å². The minimum atomic E-state index is -0.892. The zero-order chi connectivity index (χ0) is 24.9. The third-order valence-electron chi connectivity index (χ3n) is 7.41. The molecule has 0 spiro atoms. The van der Waals surface area contributed by atoms with Crippen LogP contribution in [0.3, 0.4) is 0 Å². The van der Waals surface area contributed by atoms with E-state index in [9.17, 15) is 24.3 Å². The molecule has 0 bridgehead atoms. The first-order chi connectivity index (χ1) is 16.9. The van der Waals surface area contributed by atoms with Crippen LogP contribution in [0.5, 0.6) is 0 Å². The second kappa shape index (κ2) is 10.8. The molecule has 1 saturated heterocycles. The summed E-state index contributed by atoms with van der Waals surface area (Å²) in [6.45, 7) is 0.410. The summed E-state index contributed by atoms with van der Waals surface area (Å²) in [6, 6.07) is 7.47. The molecule has 1 saturated carbocycles. The molecule has 1 aliphatic carbocycles. The van der Waals surface area contributed by atoms with Crippen LogP contribution in [0.15, 0.2) is 30.5 Å². The molecule has 2 aliphatic rings. The van der Waals surface area contributed by atoms with Gasteiger partial charge in [-0.05, 0) is 61.8 Å². The Morgan fingerprint density at radius 1 is 1.23 bits per heavy atom. The molecule has 2 amide bonds. The molecule has 3 unspecified atom stereocenters. The molecule has 1 aromatic carbocycles. The lowest BCUT2D eigenvalue weighted by atomic mass is 9.75. The Morgan fingerprint density at radius 3 is 2.57 bits per heavy atom. The summed E-state index contributed by atoms with van der Waals surface area (Å²) in [6.07, 6.45) is 7.53. The monoisotopic (exact) mass is 482 g/mol. The Hall–Kier alpha value is -3.61. The van der Waals surface area contributed by atoms with E-state index in [0.717, 1.165) is 25.7 Å². The average molecular weight is 483 g/mol. The highest BCUT2D eigenvalue weighted by atomic mass is 19.1. The molecule has 9 nitrogen and oxygen atoms in total. The molecule has 1 aromatic heterocycles. The van der Waals surface area contributed by atoms with Gasteiger partial charge in [-0.2, -0.15) is 10.4 Å². The van der Waals surface area contributed by atoms with E-state index in [1.165, 1.54) is 30.7 Å². The van der Waals surface area contributed by atoms with Crippen LogP contribution in [-0.4, -0.2) is 44.4 Å². The summed E-state index contributed by atoms with van der Waals surface area (Å²) in [7, 11) is 0. The van der Waals surface area contributed by atoms with Crippen molar-refractivity contribution in [2.24, 2.45) is 17.6 Å². The second-order valence-corrected chi connectivity index (χ2v) is 9.52. The van der Waals surface area contributed by atoms with Gasteiger partial charge in [-0.15, -0.1) is 0 Å². The van der Waals surface area contributed by atoms with E-state index in [1.54, 1.807) is 15.8 Å². The highest BCUT2D eigenvalue weighted by molar-refractivity contribution is 5.98. The number of hydrogen-bond donors (Lipinski definition) is 3. The number of benzene rings is 1. The first kappa shape index (κ1) is 24.5. The zero-order valence-electron chi connectivity index (χ0n) is 19.6. The number of piperidine rings is 1. The maximum absolute atomic E-state index is 13.3. The molecule has 35 heavy (non-hydrogen) atoms. The van der Waals surface area contributed by atoms with Gasteiger partial charge in [-0.25, -0.2) is 9.18 Å². The number of amides is 2. The summed E-state index contributed by atoms with van der Waals surface area (Å²) >= 11 is 0. The lowest BCUT2D eigenvalue weighted by Gasteiger charge is -2.44. The fourth-order valence-corrected chi connectivity index (χ4v) is 5.65. The number of anilines is 2. The van der Waals surface area contributed by atoms with Crippen molar-refractivity contribution >= 4 is 23.5 Å². The van der Waals surface area contributed by atoms with Crippen molar-refractivity contribution in [2.45, 2.75) is 63.5 Å². The first-order valence-corrected chi connectivity index (χ1v) is 12.2. The van der Waals surface area contributed by atoms with Crippen LogP contribution >= 0.6 is 0 Å². The van der Waals surface area contributed by atoms with Gasteiger partial charge < -0.3 is 21.1 Å².